The second kappa shape index (κ2) is 8.44. The van der Waals surface area contributed by atoms with E-state index < -0.39 is 47.2 Å². The van der Waals surface area contributed by atoms with Crippen molar-refractivity contribution in [3.8, 4) is 0 Å². The molecule has 0 saturated heterocycles. The highest BCUT2D eigenvalue weighted by Crippen LogP contribution is 2.49. The van der Waals surface area contributed by atoms with Crippen LogP contribution in [0.2, 0.25) is 0 Å². The zero-order valence-corrected chi connectivity index (χ0v) is 17.2. The normalized spacial score (nSPS) is 12.7. The van der Waals surface area contributed by atoms with E-state index in [1.54, 1.807) is 6.92 Å². The fourth-order valence-corrected chi connectivity index (χ4v) is 2.87. The van der Waals surface area contributed by atoms with Gasteiger partial charge in [-0.3, -0.25) is 13.9 Å². The molecule has 15 heteroatoms. The summed E-state index contributed by atoms with van der Waals surface area (Å²) in [5, 5.41) is 12.0. The van der Waals surface area contributed by atoms with Gasteiger partial charge in [-0.15, -0.1) is 0 Å². The molecule has 0 aliphatic carbocycles. The molecule has 0 aliphatic rings. The van der Waals surface area contributed by atoms with Crippen molar-refractivity contribution in [3.63, 3.8) is 0 Å². The van der Waals surface area contributed by atoms with Gasteiger partial charge in [0.15, 0.2) is 16.9 Å². The number of halogens is 6. The molecular formula is C17H19F6N5O4. The van der Waals surface area contributed by atoms with Crippen LogP contribution in [0.4, 0.5) is 26.3 Å². The minimum absolute atomic E-state index is 0.00132. The SMILES string of the molecule is CC.CCn1cnc2c1c(=O)n(Cc1cc(C(O)(C(F)(F)F)C(F)(F)F)no1)c(=O)n2C. The van der Waals surface area contributed by atoms with E-state index in [0.717, 1.165) is 4.57 Å². The molecule has 9 nitrogen and oxygen atoms in total. The van der Waals surface area contributed by atoms with E-state index in [9.17, 15) is 41.0 Å². The van der Waals surface area contributed by atoms with Gasteiger partial charge in [0.25, 0.3) is 5.56 Å². The first kappa shape index (κ1) is 25.2. The summed E-state index contributed by atoms with van der Waals surface area (Å²) in [6.45, 7) is 5.17. The fourth-order valence-electron chi connectivity index (χ4n) is 2.87. The topological polar surface area (TPSA) is 108 Å². The summed E-state index contributed by atoms with van der Waals surface area (Å²) in [5.41, 5.74) is -8.93. The molecule has 0 amide bonds. The Hall–Kier alpha value is -3.10. The Bertz CT molecular complexity index is 1200. The van der Waals surface area contributed by atoms with Gasteiger partial charge in [0, 0.05) is 19.7 Å². The third kappa shape index (κ3) is 3.80. The molecule has 3 rings (SSSR count). The van der Waals surface area contributed by atoms with Gasteiger partial charge in [0.2, 0.25) is 0 Å². The van der Waals surface area contributed by atoms with Crippen molar-refractivity contribution in [3.05, 3.63) is 44.7 Å². The Morgan fingerprint density at radius 3 is 2.16 bits per heavy atom. The van der Waals surface area contributed by atoms with Crippen LogP contribution >= 0.6 is 0 Å². The van der Waals surface area contributed by atoms with Crippen molar-refractivity contribution in [1.29, 1.82) is 0 Å². The predicted molar refractivity (Wildman–Crippen MR) is 97.9 cm³/mol. The van der Waals surface area contributed by atoms with Crippen molar-refractivity contribution in [2.45, 2.75) is 51.8 Å². The summed E-state index contributed by atoms with van der Waals surface area (Å²) in [5.74, 6) is -0.682. The second-order valence-corrected chi connectivity index (χ2v) is 6.32. The largest absolute Gasteiger partial charge is 0.432 e. The third-order valence-electron chi connectivity index (χ3n) is 4.51. The van der Waals surface area contributed by atoms with Gasteiger partial charge in [-0.2, -0.15) is 26.3 Å². The number of aromatic nitrogens is 5. The zero-order chi connectivity index (χ0) is 24.6. The number of nitrogens with zero attached hydrogens (tertiary/aromatic N) is 5. The Labute approximate surface area is 175 Å². The lowest BCUT2D eigenvalue weighted by atomic mass is 9.98. The van der Waals surface area contributed by atoms with E-state index in [1.165, 1.54) is 17.9 Å². The highest BCUT2D eigenvalue weighted by atomic mass is 19.4. The molecule has 0 unspecified atom stereocenters. The van der Waals surface area contributed by atoms with Gasteiger partial charge in [0.05, 0.1) is 12.9 Å². The van der Waals surface area contributed by atoms with E-state index in [-0.39, 0.29) is 17.2 Å². The number of alkyl halides is 6. The lowest BCUT2D eigenvalue weighted by Crippen LogP contribution is -2.54. The number of imidazole rings is 1. The van der Waals surface area contributed by atoms with Gasteiger partial charge < -0.3 is 14.2 Å². The third-order valence-corrected chi connectivity index (χ3v) is 4.51. The molecule has 0 atom stereocenters. The first-order valence-electron chi connectivity index (χ1n) is 9.20. The smallest absolute Gasteiger partial charge is 0.368 e. The van der Waals surface area contributed by atoms with Gasteiger partial charge in [0.1, 0.15) is 5.69 Å². The maximum absolute atomic E-state index is 13.0. The number of hydrogen-bond acceptors (Lipinski definition) is 6. The molecule has 32 heavy (non-hydrogen) atoms. The van der Waals surface area contributed by atoms with Gasteiger partial charge in [-0.1, -0.05) is 19.0 Å². The molecular weight excluding hydrogens is 452 g/mol. The van der Waals surface area contributed by atoms with Gasteiger partial charge in [-0.05, 0) is 6.92 Å². The summed E-state index contributed by atoms with van der Waals surface area (Å²) in [6, 6.07) is 0.189. The van der Waals surface area contributed by atoms with Crippen LogP contribution in [-0.4, -0.2) is 41.3 Å². The van der Waals surface area contributed by atoms with Crippen molar-refractivity contribution < 1.29 is 36.0 Å². The molecule has 3 heterocycles. The predicted octanol–water partition coefficient (Wildman–Crippen LogP) is 2.29. The molecule has 3 aromatic heterocycles. The average Bonchev–Trinajstić information content (AvgIpc) is 3.36. The average molecular weight is 471 g/mol. The highest BCUT2D eigenvalue weighted by Gasteiger charge is 2.73. The molecule has 1 N–H and O–H groups in total. The molecule has 0 bridgehead atoms. The van der Waals surface area contributed by atoms with Crippen LogP contribution < -0.4 is 11.2 Å². The van der Waals surface area contributed by atoms with Crippen LogP contribution in [0.3, 0.4) is 0 Å². The Morgan fingerprint density at radius 1 is 1.09 bits per heavy atom. The summed E-state index contributed by atoms with van der Waals surface area (Å²) >= 11 is 0. The zero-order valence-electron chi connectivity index (χ0n) is 17.2. The summed E-state index contributed by atoms with van der Waals surface area (Å²) in [6.07, 6.45) is -11.0. The highest BCUT2D eigenvalue weighted by molar-refractivity contribution is 5.69. The fraction of sp³-hybridized carbons (Fsp3) is 0.529. The number of rotatable bonds is 4. The number of fused-ring (bicyclic) bond motifs is 1. The number of aliphatic hydroxyl groups is 1. The number of aryl methyl sites for hydroxylation is 2. The summed E-state index contributed by atoms with van der Waals surface area (Å²) in [4.78, 5) is 29.1. The van der Waals surface area contributed by atoms with Crippen LogP contribution in [0.15, 0.2) is 26.5 Å². The van der Waals surface area contributed by atoms with Crippen LogP contribution in [0.1, 0.15) is 32.2 Å². The maximum Gasteiger partial charge on any atom is 0.432 e. The van der Waals surface area contributed by atoms with Crippen LogP contribution in [0.5, 0.6) is 0 Å². The molecule has 0 radical (unpaired) electrons. The first-order valence-corrected chi connectivity index (χ1v) is 9.20. The summed E-state index contributed by atoms with van der Waals surface area (Å²) in [7, 11) is 1.28. The van der Waals surface area contributed by atoms with Crippen molar-refractivity contribution >= 4 is 11.2 Å². The van der Waals surface area contributed by atoms with Crippen molar-refractivity contribution in [2.75, 3.05) is 0 Å². The number of hydrogen-bond donors (Lipinski definition) is 1. The molecule has 0 aliphatic heterocycles. The van der Waals surface area contributed by atoms with Crippen LogP contribution in [-0.2, 0) is 25.7 Å². The van der Waals surface area contributed by atoms with E-state index in [0.29, 0.717) is 11.1 Å². The monoisotopic (exact) mass is 471 g/mol. The van der Waals surface area contributed by atoms with Gasteiger partial charge >= 0.3 is 23.6 Å². The van der Waals surface area contributed by atoms with E-state index >= 15 is 0 Å². The Kier molecular flexibility index (Phi) is 6.64. The quantitative estimate of drug-likeness (QED) is 0.585. The minimum atomic E-state index is -6.15. The molecule has 0 aromatic carbocycles. The molecule has 0 saturated carbocycles. The van der Waals surface area contributed by atoms with Crippen molar-refractivity contribution in [1.82, 2.24) is 23.8 Å². The van der Waals surface area contributed by atoms with Gasteiger partial charge in [-0.25, -0.2) is 9.78 Å². The minimum Gasteiger partial charge on any atom is -0.368 e. The first-order chi connectivity index (χ1) is 14.7. The molecule has 0 spiro atoms. The summed E-state index contributed by atoms with van der Waals surface area (Å²) < 4.78 is 85.1. The molecule has 178 valence electrons. The maximum atomic E-state index is 13.0. The van der Waals surface area contributed by atoms with Crippen molar-refractivity contribution in [2.24, 2.45) is 7.05 Å². The standard InChI is InChI=1S/C15H13F6N5O4.C2H6/c1-3-25-6-22-10-9(25)11(27)26(12(28)24(10)2)5-7-4-8(23-30-7)13(29,14(16,17)18)15(19,20)21;1-2/h4,6,29H,3,5H2,1-2H3;1-2H3. The van der Waals surface area contributed by atoms with E-state index in [1.807, 2.05) is 13.8 Å². The van der Waals surface area contributed by atoms with Crippen LogP contribution in [0, 0.1) is 0 Å². The molecule has 3 aromatic rings. The lowest BCUT2D eigenvalue weighted by Gasteiger charge is -2.30. The van der Waals surface area contributed by atoms with E-state index in [4.69, 9.17) is 0 Å². The Morgan fingerprint density at radius 2 is 1.66 bits per heavy atom. The van der Waals surface area contributed by atoms with E-state index in [2.05, 4.69) is 14.7 Å². The molecule has 0 fully saturated rings. The lowest BCUT2D eigenvalue weighted by molar-refractivity contribution is -0.377. The second-order valence-electron chi connectivity index (χ2n) is 6.32. The van der Waals surface area contributed by atoms with Crippen LogP contribution in [0.25, 0.3) is 11.2 Å². The Balaban J connectivity index is 0.00000176.